The molecule has 0 unspecified atom stereocenters. The molecule has 2 rings (SSSR count). The van der Waals surface area contributed by atoms with Crippen LogP contribution in [0.25, 0.3) is 0 Å². The highest BCUT2D eigenvalue weighted by atomic mass is 19.2. The summed E-state index contributed by atoms with van der Waals surface area (Å²) in [5.41, 5.74) is -0.700. The Kier molecular flexibility index (Phi) is 4.22. The minimum absolute atomic E-state index is 0.0000531. The molecule has 0 spiro atoms. The van der Waals surface area contributed by atoms with Crippen molar-refractivity contribution in [3.05, 3.63) is 35.4 Å². The lowest BCUT2D eigenvalue weighted by molar-refractivity contribution is -0.172. The van der Waals surface area contributed by atoms with Gasteiger partial charge in [0.25, 0.3) is 0 Å². The molecule has 1 aromatic carbocycles. The second-order valence-electron chi connectivity index (χ2n) is 5.27. The van der Waals surface area contributed by atoms with Gasteiger partial charge in [0.1, 0.15) is 12.2 Å². The van der Waals surface area contributed by atoms with Crippen LogP contribution in [0.15, 0.2) is 18.2 Å². The topological polar surface area (TPSA) is 66.8 Å². The Morgan fingerprint density at radius 2 is 2.05 bits per heavy atom. The SMILES string of the molecule is CC1(OCC(=O)O)CN(C(=O)Cc2cccc(F)c2F)C1. The average Bonchev–Trinajstić information content (AvgIpc) is 2.38. The number of halogens is 2. The maximum Gasteiger partial charge on any atom is 0.329 e. The molecule has 21 heavy (non-hydrogen) atoms. The second-order valence-corrected chi connectivity index (χ2v) is 5.27. The van der Waals surface area contributed by atoms with Crippen LogP contribution in [0, 0.1) is 11.6 Å². The van der Waals surface area contributed by atoms with Crippen molar-refractivity contribution >= 4 is 11.9 Å². The van der Waals surface area contributed by atoms with Crippen LogP contribution in [0.1, 0.15) is 12.5 Å². The average molecular weight is 299 g/mol. The van der Waals surface area contributed by atoms with E-state index in [1.54, 1.807) is 6.92 Å². The summed E-state index contributed by atoms with van der Waals surface area (Å²) in [6, 6.07) is 3.69. The number of amides is 1. The van der Waals surface area contributed by atoms with E-state index >= 15 is 0 Å². The Bertz CT molecular complexity index is 570. The van der Waals surface area contributed by atoms with Gasteiger partial charge in [-0.25, -0.2) is 13.6 Å². The lowest BCUT2D eigenvalue weighted by atomic mass is 9.95. The van der Waals surface area contributed by atoms with E-state index < -0.39 is 29.8 Å². The second kappa shape index (κ2) is 5.77. The highest BCUT2D eigenvalue weighted by Crippen LogP contribution is 2.25. The van der Waals surface area contributed by atoms with E-state index in [2.05, 4.69) is 0 Å². The fraction of sp³-hybridized carbons (Fsp3) is 0.429. The maximum absolute atomic E-state index is 13.5. The largest absolute Gasteiger partial charge is 0.480 e. The van der Waals surface area contributed by atoms with Crippen LogP contribution in [0.5, 0.6) is 0 Å². The normalized spacial score (nSPS) is 16.4. The molecule has 1 aliphatic rings. The van der Waals surface area contributed by atoms with Crippen molar-refractivity contribution in [3.8, 4) is 0 Å². The standard InChI is InChI=1S/C14H15F2NO4/c1-14(21-6-12(19)20)7-17(8-14)11(18)5-9-3-2-4-10(15)13(9)16/h2-4H,5-8H2,1H3,(H,19,20). The van der Waals surface area contributed by atoms with Crippen LogP contribution >= 0.6 is 0 Å². The smallest absolute Gasteiger partial charge is 0.329 e. The number of nitrogens with zero attached hydrogens (tertiary/aromatic N) is 1. The summed E-state index contributed by atoms with van der Waals surface area (Å²) < 4.78 is 31.7. The molecule has 1 saturated heterocycles. The van der Waals surface area contributed by atoms with Crippen LogP contribution in [-0.4, -0.2) is 47.2 Å². The van der Waals surface area contributed by atoms with Crippen LogP contribution in [0.2, 0.25) is 0 Å². The fourth-order valence-corrected chi connectivity index (χ4v) is 2.22. The zero-order valence-corrected chi connectivity index (χ0v) is 11.4. The van der Waals surface area contributed by atoms with Gasteiger partial charge in [0.05, 0.1) is 19.5 Å². The number of likely N-dealkylation sites (tertiary alicyclic amines) is 1. The molecule has 1 heterocycles. The van der Waals surface area contributed by atoms with Gasteiger partial charge in [0.2, 0.25) is 5.91 Å². The molecule has 114 valence electrons. The quantitative estimate of drug-likeness (QED) is 0.887. The van der Waals surface area contributed by atoms with Gasteiger partial charge in [-0.2, -0.15) is 0 Å². The van der Waals surface area contributed by atoms with Crippen molar-refractivity contribution in [3.63, 3.8) is 0 Å². The first-order valence-corrected chi connectivity index (χ1v) is 6.37. The number of hydrogen-bond donors (Lipinski definition) is 1. The third-order valence-corrected chi connectivity index (χ3v) is 3.32. The Morgan fingerprint density at radius 3 is 2.67 bits per heavy atom. The molecular weight excluding hydrogens is 284 g/mol. The van der Waals surface area contributed by atoms with E-state index in [1.165, 1.54) is 17.0 Å². The molecule has 0 radical (unpaired) electrons. The molecule has 1 aromatic rings. The number of carbonyl (C=O) groups is 2. The molecule has 0 bridgehead atoms. The van der Waals surface area contributed by atoms with E-state index in [0.29, 0.717) is 0 Å². The summed E-state index contributed by atoms with van der Waals surface area (Å²) in [7, 11) is 0. The van der Waals surface area contributed by atoms with Crippen LogP contribution in [-0.2, 0) is 20.7 Å². The van der Waals surface area contributed by atoms with Crippen LogP contribution in [0.3, 0.4) is 0 Å². The van der Waals surface area contributed by atoms with Gasteiger partial charge in [0.15, 0.2) is 11.6 Å². The van der Waals surface area contributed by atoms with Gasteiger partial charge >= 0.3 is 5.97 Å². The van der Waals surface area contributed by atoms with E-state index in [-0.39, 0.29) is 31.0 Å². The van der Waals surface area contributed by atoms with Crippen molar-refractivity contribution in [1.82, 2.24) is 4.90 Å². The van der Waals surface area contributed by atoms with Crippen molar-refractivity contribution < 1.29 is 28.2 Å². The summed E-state index contributed by atoms with van der Waals surface area (Å²) in [5, 5.41) is 8.54. The molecule has 5 nitrogen and oxygen atoms in total. The maximum atomic E-state index is 13.5. The van der Waals surface area contributed by atoms with Crippen molar-refractivity contribution in [2.24, 2.45) is 0 Å². The Morgan fingerprint density at radius 1 is 1.38 bits per heavy atom. The summed E-state index contributed by atoms with van der Waals surface area (Å²) in [4.78, 5) is 23.8. The molecule has 0 atom stereocenters. The predicted octanol–water partition coefficient (Wildman–Crippen LogP) is 1.21. The van der Waals surface area contributed by atoms with E-state index in [9.17, 15) is 18.4 Å². The number of ether oxygens (including phenoxy) is 1. The summed E-state index contributed by atoms with van der Waals surface area (Å²) in [6.45, 7) is 1.73. The number of rotatable bonds is 5. The molecule has 1 fully saturated rings. The molecule has 1 N–H and O–H groups in total. The van der Waals surface area contributed by atoms with E-state index in [0.717, 1.165) is 6.07 Å². The number of hydrogen-bond acceptors (Lipinski definition) is 3. The van der Waals surface area contributed by atoms with Crippen molar-refractivity contribution in [2.45, 2.75) is 18.9 Å². The monoisotopic (exact) mass is 299 g/mol. The van der Waals surface area contributed by atoms with Crippen LogP contribution in [0.4, 0.5) is 8.78 Å². The molecule has 7 heteroatoms. The zero-order valence-electron chi connectivity index (χ0n) is 11.4. The van der Waals surface area contributed by atoms with Gasteiger partial charge in [-0.05, 0) is 13.0 Å². The highest BCUT2D eigenvalue weighted by Gasteiger charge is 2.42. The van der Waals surface area contributed by atoms with E-state index in [4.69, 9.17) is 9.84 Å². The third-order valence-electron chi connectivity index (χ3n) is 3.32. The Hall–Kier alpha value is -2.02. The fourth-order valence-electron chi connectivity index (χ4n) is 2.22. The predicted molar refractivity (Wildman–Crippen MR) is 68.6 cm³/mol. The first-order valence-electron chi connectivity index (χ1n) is 6.37. The zero-order chi connectivity index (χ0) is 15.6. The number of carbonyl (C=O) groups excluding carboxylic acids is 1. The Labute approximate surface area is 120 Å². The van der Waals surface area contributed by atoms with Crippen molar-refractivity contribution in [1.29, 1.82) is 0 Å². The number of benzene rings is 1. The van der Waals surface area contributed by atoms with E-state index in [1.807, 2.05) is 0 Å². The molecule has 1 aliphatic heterocycles. The van der Waals surface area contributed by atoms with Gasteiger partial charge in [-0.3, -0.25) is 4.79 Å². The van der Waals surface area contributed by atoms with Gasteiger partial charge < -0.3 is 14.7 Å². The first kappa shape index (κ1) is 15.4. The lowest BCUT2D eigenvalue weighted by Gasteiger charge is -2.47. The molecule has 0 aromatic heterocycles. The first-order chi connectivity index (χ1) is 9.81. The molecule has 0 saturated carbocycles. The van der Waals surface area contributed by atoms with Crippen LogP contribution < -0.4 is 0 Å². The van der Waals surface area contributed by atoms with Gasteiger partial charge in [0, 0.05) is 5.56 Å². The lowest BCUT2D eigenvalue weighted by Crippen LogP contribution is -2.63. The molecule has 0 aliphatic carbocycles. The summed E-state index contributed by atoms with van der Waals surface area (Å²) in [6.07, 6.45) is -0.237. The minimum atomic E-state index is -1.08. The molecular formula is C14H15F2NO4. The van der Waals surface area contributed by atoms with Crippen molar-refractivity contribution in [2.75, 3.05) is 19.7 Å². The number of aliphatic carboxylic acids is 1. The van der Waals surface area contributed by atoms with Gasteiger partial charge in [-0.15, -0.1) is 0 Å². The molecule has 1 amide bonds. The minimum Gasteiger partial charge on any atom is -0.480 e. The van der Waals surface area contributed by atoms with Gasteiger partial charge in [-0.1, -0.05) is 12.1 Å². The highest BCUT2D eigenvalue weighted by molar-refractivity contribution is 5.80. The number of carboxylic acids is 1. The third kappa shape index (κ3) is 3.55. The summed E-state index contributed by atoms with van der Waals surface area (Å²) in [5.74, 6) is -3.44. The summed E-state index contributed by atoms with van der Waals surface area (Å²) >= 11 is 0. The number of carboxylic acid groups (broad SMARTS) is 1. The Balaban J connectivity index is 1.89.